The monoisotopic (exact) mass is 455 g/mol. The molecule has 0 fully saturated rings. The van der Waals surface area contributed by atoms with Crippen molar-refractivity contribution in [2.24, 2.45) is 0 Å². The number of hydrogen-bond donors (Lipinski definition) is 2. The molecule has 0 saturated carbocycles. The van der Waals surface area contributed by atoms with Gasteiger partial charge in [-0.3, -0.25) is 4.79 Å². The van der Waals surface area contributed by atoms with E-state index in [4.69, 9.17) is 11.6 Å². The van der Waals surface area contributed by atoms with Crippen LogP contribution in [0.15, 0.2) is 48.5 Å². The molecule has 0 bridgehead atoms. The molecule has 1 amide bonds. The molecule has 3 aromatic rings. The molecule has 3 rings (SSSR count). The topological polar surface area (TPSA) is 70.2 Å². The molecule has 168 valence electrons. The highest BCUT2D eigenvalue weighted by molar-refractivity contribution is 6.30. The summed E-state index contributed by atoms with van der Waals surface area (Å²) in [4.78, 5) is 23.5. The molecule has 0 saturated heterocycles. The van der Waals surface area contributed by atoms with Crippen LogP contribution in [0.3, 0.4) is 0 Å². The number of halogens is 2. The maximum absolute atomic E-state index is 13.2. The number of nitrogens with zero attached hydrogens (tertiary/aromatic N) is 3. The Hall–Kier alpha value is -3.19. The van der Waals surface area contributed by atoms with Gasteiger partial charge < -0.3 is 15.5 Å². The number of hydrogen-bond acceptors (Lipinski definition) is 5. The third-order valence-electron chi connectivity index (χ3n) is 4.98. The predicted molar refractivity (Wildman–Crippen MR) is 128 cm³/mol. The van der Waals surface area contributed by atoms with Crippen LogP contribution in [0.1, 0.15) is 31.5 Å². The first kappa shape index (κ1) is 23.5. The van der Waals surface area contributed by atoms with E-state index in [9.17, 15) is 9.18 Å². The number of amides is 1. The fraction of sp³-hybridized carbons (Fsp3) is 0.292. The number of benzene rings is 2. The minimum Gasteiger partial charge on any atom is -0.357 e. The van der Waals surface area contributed by atoms with Gasteiger partial charge in [0.05, 0.1) is 5.02 Å². The average molecular weight is 456 g/mol. The highest BCUT2D eigenvalue weighted by Gasteiger charge is 2.09. The third kappa shape index (κ3) is 6.40. The van der Waals surface area contributed by atoms with E-state index in [1.165, 1.54) is 6.07 Å². The summed E-state index contributed by atoms with van der Waals surface area (Å²) >= 11 is 5.79. The van der Waals surface area contributed by atoms with Gasteiger partial charge in [0.1, 0.15) is 11.6 Å². The zero-order chi connectivity index (χ0) is 23.1. The third-order valence-corrected chi connectivity index (χ3v) is 5.27. The zero-order valence-electron chi connectivity index (χ0n) is 18.5. The van der Waals surface area contributed by atoms with E-state index in [2.05, 4.69) is 39.3 Å². The first-order valence-electron chi connectivity index (χ1n) is 10.6. The van der Waals surface area contributed by atoms with Crippen molar-refractivity contribution in [1.29, 1.82) is 0 Å². The second kappa shape index (κ2) is 10.9. The number of rotatable bonds is 9. The van der Waals surface area contributed by atoms with Crippen molar-refractivity contribution in [1.82, 2.24) is 9.97 Å². The first-order chi connectivity index (χ1) is 15.4. The van der Waals surface area contributed by atoms with Crippen LogP contribution < -0.4 is 15.5 Å². The number of aryl methyl sites for hydroxylation is 2. The van der Waals surface area contributed by atoms with E-state index >= 15 is 0 Å². The Morgan fingerprint density at radius 2 is 1.72 bits per heavy atom. The summed E-state index contributed by atoms with van der Waals surface area (Å²) in [6.45, 7) is 7.87. The average Bonchev–Trinajstić information content (AvgIpc) is 2.76. The van der Waals surface area contributed by atoms with Crippen molar-refractivity contribution < 1.29 is 9.18 Å². The van der Waals surface area contributed by atoms with Crippen LogP contribution >= 0.6 is 11.6 Å². The van der Waals surface area contributed by atoms with Crippen LogP contribution in [0.5, 0.6) is 0 Å². The van der Waals surface area contributed by atoms with Crippen LogP contribution in [-0.2, 0) is 11.2 Å². The van der Waals surface area contributed by atoms with Gasteiger partial charge in [0, 0.05) is 42.6 Å². The second-order valence-electron chi connectivity index (χ2n) is 7.36. The first-order valence-corrected chi connectivity index (χ1v) is 11.0. The van der Waals surface area contributed by atoms with Crippen LogP contribution in [0.2, 0.25) is 5.02 Å². The molecule has 0 spiro atoms. The molecule has 0 radical (unpaired) electrons. The summed E-state index contributed by atoms with van der Waals surface area (Å²) < 4.78 is 13.2. The van der Waals surface area contributed by atoms with Gasteiger partial charge in [-0.05, 0) is 69.2 Å². The lowest BCUT2D eigenvalue weighted by atomic mass is 10.1. The van der Waals surface area contributed by atoms with Gasteiger partial charge in [-0.1, -0.05) is 17.7 Å². The molecule has 0 atom stereocenters. The van der Waals surface area contributed by atoms with E-state index in [0.717, 1.165) is 35.9 Å². The Morgan fingerprint density at radius 3 is 2.38 bits per heavy atom. The number of carbonyl (C=O) groups excluding carboxylic acids is 1. The van der Waals surface area contributed by atoms with Crippen LogP contribution in [0, 0.1) is 12.7 Å². The molecule has 0 aliphatic heterocycles. The molecule has 2 aromatic carbocycles. The molecular formula is C24H27ClFN5O. The summed E-state index contributed by atoms with van der Waals surface area (Å²) in [6, 6.07) is 13.8. The number of aromatic nitrogens is 2. The van der Waals surface area contributed by atoms with Gasteiger partial charge in [-0.25, -0.2) is 9.37 Å². The van der Waals surface area contributed by atoms with Crippen molar-refractivity contribution in [3.8, 4) is 0 Å². The Kier molecular flexibility index (Phi) is 8.00. The molecule has 8 heteroatoms. The van der Waals surface area contributed by atoms with E-state index in [1.54, 1.807) is 12.1 Å². The molecule has 1 aromatic heterocycles. The van der Waals surface area contributed by atoms with Crippen molar-refractivity contribution in [3.63, 3.8) is 0 Å². The Bertz CT molecular complexity index is 1070. The lowest BCUT2D eigenvalue weighted by Gasteiger charge is -2.20. The molecule has 0 aliphatic carbocycles. The second-order valence-corrected chi connectivity index (χ2v) is 7.77. The standard InChI is InChI=1S/C24H27ClFN5O/c1-4-31(5-2)22-14-16(3)27-24(30-22)29-19-10-8-18(9-11-19)28-23(32)13-7-17-6-12-21(26)20(25)15-17/h6,8-12,14-15H,4-5,7,13H2,1-3H3,(H,28,32)(H,27,29,30). The van der Waals surface area contributed by atoms with Crippen molar-refractivity contribution in [2.75, 3.05) is 28.6 Å². The van der Waals surface area contributed by atoms with E-state index in [1.807, 2.05) is 37.3 Å². The zero-order valence-corrected chi connectivity index (χ0v) is 19.2. The van der Waals surface area contributed by atoms with Gasteiger partial charge >= 0.3 is 0 Å². The lowest BCUT2D eigenvalue weighted by Crippen LogP contribution is -2.23. The van der Waals surface area contributed by atoms with Gasteiger partial charge in [-0.15, -0.1) is 0 Å². The Morgan fingerprint density at radius 1 is 1.03 bits per heavy atom. The molecule has 0 aliphatic rings. The van der Waals surface area contributed by atoms with Gasteiger partial charge in [-0.2, -0.15) is 4.98 Å². The fourth-order valence-electron chi connectivity index (χ4n) is 3.26. The van der Waals surface area contributed by atoms with Gasteiger partial charge in [0.2, 0.25) is 11.9 Å². The van der Waals surface area contributed by atoms with Crippen LogP contribution in [0.4, 0.5) is 27.5 Å². The van der Waals surface area contributed by atoms with E-state index < -0.39 is 5.82 Å². The fourth-order valence-corrected chi connectivity index (χ4v) is 3.46. The number of nitrogens with one attached hydrogen (secondary N) is 2. The Balaban J connectivity index is 1.58. The molecular weight excluding hydrogens is 429 g/mol. The lowest BCUT2D eigenvalue weighted by molar-refractivity contribution is -0.116. The highest BCUT2D eigenvalue weighted by atomic mass is 35.5. The van der Waals surface area contributed by atoms with Crippen molar-refractivity contribution in [3.05, 3.63) is 70.6 Å². The van der Waals surface area contributed by atoms with Crippen LogP contribution in [-0.4, -0.2) is 29.0 Å². The minimum atomic E-state index is -0.464. The summed E-state index contributed by atoms with van der Waals surface area (Å²) in [5.41, 5.74) is 3.20. The smallest absolute Gasteiger partial charge is 0.229 e. The molecule has 32 heavy (non-hydrogen) atoms. The van der Waals surface area contributed by atoms with E-state index in [-0.39, 0.29) is 17.4 Å². The molecule has 2 N–H and O–H groups in total. The predicted octanol–water partition coefficient (Wildman–Crippen LogP) is 5.74. The molecule has 0 unspecified atom stereocenters. The van der Waals surface area contributed by atoms with Crippen molar-refractivity contribution in [2.45, 2.75) is 33.6 Å². The molecule has 1 heterocycles. The Labute approximate surface area is 192 Å². The van der Waals surface area contributed by atoms with Gasteiger partial charge in [0.15, 0.2) is 0 Å². The van der Waals surface area contributed by atoms with Crippen LogP contribution in [0.25, 0.3) is 0 Å². The van der Waals surface area contributed by atoms with Crippen molar-refractivity contribution >= 4 is 40.6 Å². The number of carbonyl (C=O) groups is 1. The summed E-state index contributed by atoms with van der Waals surface area (Å²) in [5, 5.41) is 6.15. The summed E-state index contributed by atoms with van der Waals surface area (Å²) in [6.07, 6.45) is 0.748. The summed E-state index contributed by atoms with van der Waals surface area (Å²) in [5.74, 6) is 0.823. The highest BCUT2D eigenvalue weighted by Crippen LogP contribution is 2.21. The quantitative estimate of drug-likeness (QED) is 0.430. The largest absolute Gasteiger partial charge is 0.357 e. The summed E-state index contributed by atoms with van der Waals surface area (Å²) in [7, 11) is 0. The minimum absolute atomic E-state index is 0.0628. The maximum atomic E-state index is 13.2. The SMILES string of the molecule is CCN(CC)c1cc(C)nc(Nc2ccc(NC(=O)CCc3ccc(F)c(Cl)c3)cc2)n1. The normalized spacial score (nSPS) is 10.7. The maximum Gasteiger partial charge on any atom is 0.229 e. The number of anilines is 4. The van der Waals surface area contributed by atoms with E-state index in [0.29, 0.717) is 18.1 Å². The van der Waals surface area contributed by atoms with Gasteiger partial charge in [0.25, 0.3) is 0 Å². The molecule has 6 nitrogen and oxygen atoms in total.